The van der Waals surface area contributed by atoms with Crippen LogP contribution in [0.15, 0.2) is 4.34 Å². The van der Waals surface area contributed by atoms with Crippen LogP contribution in [0.25, 0.3) is 0 Å². The number of nitrogens with zero attached hydrogens (tertiary/aromatic N) is 2. The first-order valence-corrected chi connectivity index (χ1v) is 7.47. The molecular formula is C8H12N4O6S2. The van der Waals surface area contributed by atoms with Crippen molar-refractivity contribution in [2.24, 2.45) is 0 Å². The Morgan fingerprint density at radius 1 is 1.35 bits per heavy atom. The van der Waals surface area contributed by atoms with Crippen LogP contribution >= 0.6 is 11.3 Å². The van der Waals surface area contributed by atoms with Crippen LogP contribution in [0.4, 0.5) is 5.13 Å². The fraction of sp³-hybridized carbons (Fsp3) is 0.500. The zero-order valence-electron chi connectivity index (χ0n) is 10.4. The smallest absolute Gasteiger partial charge is 0.324 e. The molecule has 1 aromatic rings. The lowest BCUT2D eigenvalue weighted by Gasteiger charge is -2.15. The summed E-state index contributed by atoms with van der Waals surface area (Å²) in [6, 6.07) is -1.71. The van der Waals surface area contributed by atoms with Gasteiger partial charge in [-0.15, -0.1) is 10.2 Å². The van der Waals surface area contributed by atoms with Crippen molar-refractivity contribution in [2.45, 2.75) is 30.3 Å². The molecule has 0 spiro atoms. The standard InChI is InChI=1S/C8H12N4O6S2/c1-3(13)5(6(15)16)12-20(17,18)8-11-10-7(19-8)9-4(2)14/h3,5,12-13H,1-2H3,(H,15,16)(H,9,10,14). The summed E-state index contributed by atoms with van der Waals surface area (Å²) in [5, 5.41) is 27.0. The topological polar surface area (TPSA) is 159 Å². The number of carboxylic acids is 1. The SMILES string of the molecule is CC(=O)Nc1nnc(S(=O)(=O)NC(C(=O)O)C(C)O)s1. The number of aliphatic hydroxyl groups is 1. The summed E-state index contributed by atoms with van der Waals surface area (Å²) in [5.74, 6) is -1.99. The van der Waals surface area contributed by atoms with Gasteiger partial charge < -0.3 is 15.5 Å². The molecule has 0 saturated carbocycles. The molecule has 0 aliphatic carbocycles. The highest BCUT2D eigenvalue weighted by atomic mass is 32.2. The molecule has 112 valence electrons. The fourth-order valence-electron chi connectivity index (χ4n) is 1.09. The highest BCUT2D eigenvalue weighted by Gasteiger charge is 2.31. The summed E-state index contributed by atoms with van der Waals surface area (Å²) in [7, 11) is -4.26. The van der Waals surface area contributed by atoms with E-state index in [0.29, 0.717) is 11.3 Å². The normalized spacial score (nSPS) is 14.6. The van der Waals surface area contributed by atoms with E-state index in [2.05, 4.69) is 15.5 Å². The first kappa shape index (κ1) is 16.4. The van der Waals surface area contributed by atoms with Gasteiger partial charge in [-0.2, -0.15) is 4.72 Å². The number of carbonyl (C=O) groups is 2. The van der Waals surface area contributed by atoms with E-state index in [4.69, 9.17) is 5.11 Å². The second kappa shape index (κ2) is 6.21. The molecule has 0 bridgehead atoms. The van der Waals surface area contributed by atoms with E-state index >= 15 is 0 Å². The third-order valence-corrected chi connectivity index (χ3v) is 4.60. The summed E-state index contributed by atoms with van der Waals surface area (Å²) >= 11 is 0.554. The zero-order valence-corrected chi connectivity index (χ0v) is 12.0. The van der Waals surface area contributed by atoms with Crippen molar-refractivity contribution < 1.29 is 28.2 Å². The number of carbonyl (C=O) groups excluding carboxylic acids is 1. The average molecular weight is 324 g/mol. The van der Waals surface area contributed by atoms with Crippen molar-refractivity contribution in [3.8, 4) is 0 Å². The Balaban J connectivity index is 2.96. The maximum Gasteiger partial charge on any atom is 0.324 e. The molecule has 1 rings (SSSR count). The first-order valence-electron chi connectivity index (χ1n) is 5.18. The average Bonchev–Trinajstić information content (AvgIpc) is 2.73. The Morgan fingerprint density at radius 3 is 2.40 bits per heavy atom. The van der Waals surface area contributed by atoms with Crippen LogP contribution in [0, 0.1) is 0 Å². The minimum Gasteiger partial charge on any atom is -0.480 e. The number of hydrogen-bond acceptors (Lipinski definition) is 8. The predicted octanol–water partition coefficient (Wildman–Crippen LogP) is -1.39. The van der Waals surface area contributed by atoms with E-state index in [9.17, 15) is 23.1 Å². The maximum atomic E-state index is 11.9. The molecule has 4 N–H and O–H groups in total. The maximum absolute atomic E-state index is 11.9. The number of nitrogens with one attached hydrogen (secondary N) is 2. The molecule has 12 heteroatoms. The molecule has 1 amide bonds. The monoisotopic (exact) mass is 324 g/mol. The summed E-state index contributed by atoms with van der Waals surface area (Å²) in [5.41, 5.74) is 0. The summed E-state index contributed by atoms with van der Waals surface area (Å²) < 4.78 is 25.0. The van der Waals surface area contributed by atoms with E-state index in [0.717, 1.165) is 6.92 Å². The van der Waals surface area contributed by atoms with Gasteiger partial charge in [0.05, 0.1) is 6.10 Å². The zero-order chi connectivity index (χ0) is 15.5. The number of aliphatic carboxylic acids is 1. The van der Waals surface area contributed by atoms with Gasteiger partial charge in [0.1, 0.15) is 6.04 Å². The van der Waals surface area contributed by atoms with Crippen LogP contribution in [0.1, 0.15) is 13.8 Å². The van der Waals surface area contributed by atoms with Crippen molar-refractivity contribution in [1.29, 1.82) is 0 Å². The molecule has 0 fully saturated rings. The van der Waals surface area contributed by atoms with Gasteiger partial charge in [-0.05, 0) is 6.92 Å². The van der Waals surface area contributed by atoms with Gasteiger partial charge in [-0.1, -0.05) is 11.3 Å². The van der Waals surface area contributed by atoms with Crippen LogP contribution < -0.4 is 10.0 Å². The third kappa shape index (κ3) is 4.19. The molecule has 20 heavy (non-hydrogen) atoms. The van der Waals surface area contributed by atoms with Crippen molar-refractivity contribution in [1.82, 2.24) is 14.9 Å². The number of aromatic nitrogens is 2. The fourth-order valence-corrected chi connectivity index (χ4v) is 3.32. The van der Waals surface area contributed by atoms with E-state index in [1.807, 2.05) is 0 Å². The predicted molar refractivity (Wildman–Crippen MR) is 67.6 cm³/mol. The quantitative estimate of drug-likeness (QED) is 0.465. The molecule has 0 aliphatic rings. The Hall–Kier alpha value is -1.63. The lowest BCUT2D eigenvalue weighted by Crippen LogP contribution is -2.47. The van der Waals surface area contributed by atoms with Crippen molar-refractivity contribution in [3.05, 3.63) is 0 Å². The molecule has 2 unspecified atom stereocenters. The van der Waals surface area contributed by atoms with E-state index in [1.165, 1.54) is 6.92 Å². The van der Waals surface area contributed by atoms with Crippen LogP contribution in [0.3, 0.4) is 0 Å². The van der Waals surface area contributed by atoms with Crippen molar-refractivity contribution >= 4 is 38.4 Å². The molecular weight excluding hydrogens is 312 g/mol. The number of anilines is 1. The summed E-state index contributed by atoms with van der Waals surface area (Å²) in [6.45, 7) is 2.34. The molecule has 0 aliphatic heterocycles. The van der Waals surface area contributed by atoms with Gasteiger partial charge >= 0.3 is 5.97 Å². The molecule has 2 atom stereocenters. The van der Waals surface area contributed by atoms with E-state index in [1.54, 1.807) is 4.72 Å². The Bertz CT molecular complexity index is 610. The number of carboxylic acid groups (broad SMARTS) is 1. The largest absolute Gasteiger partial charge is 0.480 e. The van der Waals surface area contributed by atoms with Crippen LogP contribution in [0.5, 0.6) is 0 Å². The van der Waals surface area contributed by atoms with Crippen LogP contribution in [0.2, 0.25) is 0 Å². The number of aliphatic hydroxyl groups excluding tert-OH is 1. The second-order valence-corrected chi connectivity index (χ2v) is 6.60. The molecule has 1 heterocycles. The lowest BCUT2D eigenvalue weighted by molar-refractivity contribution is -0.141. The highest BCUT2D eigenvalue weighted by Crippen LogP contribution is 2.20. The van der Waals surface area contributed by atoms with Gasteiger partial charge in [0, 0.05) is 6.92 Å². The molecule has 10 nitrogen and oxygen atoms in total. The third-order valence-electron chi connectivity index (χ3n) is 1.95. The Kier molecular flexibility index (Phi) is 5.10. The van der Waals surface area contributed by atoms with Crippen LogP contribution in [-0.4, -0.2) is 52.9 Å². The van der Waals surface area contributed by atoms with E-state index < -0.39 is 38.4 Å². The number of rotatable bonds is 6. The molecule has 0 saturated heterocycles. The second-order valence-electron chi connectivity index (χ2n) is 3.73. The number of amides is 1. The van der Waals surface area contributed by atoms with Gasteiger partial charge in [-0.25, -0.2) is 8.42 Å². The minimum atomic E-state index is -4.26. The summed E-state index contributed by atoms with van der Waals surface area (Å²) in [4.78, 5) is 21.6. The molecule has 0 radical (unpaired) electrons. The minimum absolute atomic E-state index is 0.0400. The van der Waals surface area contributed by atoms with Crippen molar-refractivity contribution in [3.63, 3.8) is 0 Å². The van der Waals surface area contributed by atoms with Gasteiger partial charge in [0.15, 0.2) is 0 Å². The molecule has 0 aromatic carbocycles. The number of hydrogen-bond donors (Lipinski definition) is 4. The summed E-state index contributed by atoms with van der Waals surface area (Å²) in [6.07, 6.45) is -1.44. The van der Waals surface area contributed by atoms with Gasteiger partial charge in [0.2, 0.25) is 15.4 Å². The first-order chi connectivity index (χ1) is 9.13. The van der Waals surface area contributed by atoms with E-state index in [-0.39, 0.29) is 5.13 Å². The van der Waals surface area contributed by atoms with Gasteiger partial charge in [-0.3, -0.25) is 9.59 Å². The highest BCUT2D eigenvalue weighted by molar-refractivity contribution is 7.91. The van der Waals surface area contributed by atoms with Crippen molar-refractivity contribution in [2.75, 3.05) is 5.32 Å². The van der Waals surface area contributed by atoms with Crippen LogP contribution in [-0.2, 0) is 19.6 Å². The molecule has 1 aromatic heterocycles. The Morgan fingerprint density at radius 2 is 1.95 bits per heavy atom. The lowest BCUT2D eigenvalue weighted by atomic mass is 10.2. The Labute approximate surface area is 117 Å². The number of sulfonamides is 1. The van der Waals surface area contributed by atoms with Gasteiger partial charge in [0.25, 0.3) is 10.0 Å².